The third kappa shape index (κ3) is 2.54. The van der Waals surface area contributed by atoms with Crippen molar-refractivity contribution in [3.8, 4) is 0 Å². The van der Waals surface area contributed by atoms with Crippen LogP contribution in [0, 0.1) is 12.3 Å². The van der Waals surface area contributed by atoms with Crippen LogP contribution in [0.5, 0.6) is 0 Å². The average Bonchev–Trinajstić information content (AvgIpc) is 2.88. The topological polar surface area (TPSA) is 33.1 Å². The van der Waals surface area contributed by atoms with E-state index in [0.29, 0.717) is 5.41 Å². The van der Waals surface area contributed by atoms with Gasteiger partial charge >= 0.3 is 0 Å². The van der Waals surface area contributed by atoms with Crippen LogP contribution < -0.4 is 5.32 Å². The number of nitrogens with one attached hydrogen (secondary N) is 1. The summed E-state index contributed by atoms with van der Waals surface area (Å²) in [6, 6.07) is 0. The highest BCUT2D eigenvalue weighted by Crippen LogP contribution is 2.37. The van der Waals surface area contributed by atoms with Crippen molar-refractivity contribution >= 4 is 11.6 Å². The van der Waals surface area contributed by atoms with Gasteiger partial charge in [-0.3, -0.25) is 9.58 Å². The third-order valence-electron chi connectivity index (χ3n) is 4.73. The highest BCUT2D eigenvalue weighted by atomic mass is 35.5. The molecule has 1 aromatic heterocycles. The molecule has 1 atom stereocenters. The Morgan fingerprint density at radius 2 is 2.26 bits per heavy atom. The summed E-state index contributed by atoms with van der Waals surface area (Å²) in [6.45, 7) is 7.75. The average molecular weight is 283 g/mol. The number of piperidine rings is 1. The van der Waals surface area contributed by atoms with E-state index < -0.39 is 0 Å². The van der Waals surface area contributed by atoms with Gasteiger partial charge in [-0.15, -0.1) is 0 Å². The Morgan fingerprint density at radius 3 is 2.89 bits per heavy atom. The van der Waals surface area contributed by atoms with Crippen molar-refractivity contribution < 1.29 is 0 Å². The maximum atomic E-state index is 6.33. The van der Waals surface area contributed by atoms with Crippen molar-refractivity contribution in [2.24, 2.45) is 12.5 Å². The number of rotatable bonds is 2. The summed E-state index contributed by atoms with van der Waals surface area (Å²) < 4.78 is 1.78. The molecule has 0 aromatic carbocycles. The maximum Gasteiger partial charge on any atom is 0.131 e. The van der Waals surface area contributed by atoms with Crippen LogP contribution in [-0.2, 0) is 13.6 Å². The minimum atomic E-state index is 0.515. The van der Waals surface area contributed by atoms with Crippen LogP contribution >= 0.6 is 11.6 Å². The second-order valence-corrected chi connectivity index (χ2v) is 6.58. The molecule has 0 radical (unpaired) electrons. The molecule has 3 rings (SSSR count). The molecule has 0 bridgehead atoms. The smallest absolute Gasteiger partial charge is 0.131 e. The van der Waals surface area contributed by atoms with Crippen LogP contribution in [0.25, 0.3) is 0 Å². The van der Waals surface area contributed by atoms with Crippen LogP contribution in [0.1, 0.15) is 30.5 Å². The van der Waals surface area contributed by atoms with E-state index in [0.717, 1.165) is 17.4 Å². The van der Waals surface area contributed by atoms with Gasteiger partial charge in [0.15, 0.2) is 0 Å². The summed E-state index contributed by atoms with van der Waals surface area (Å²) in [5.41, 5.74) is 2.78. The molecule has 5 heteroatoms. The summed E-state index contributed by atoms with van der Waals surface area (Å²) in [5, 5.41) is 8.75. The first-order valence-corrected chi connectivity index (χ1v) is 7.58. The molecule has 1 spiro atoms. The number of hydrogen-bond acceptors (Lipinski definition) is 3. The van der Waals surface area contributed by atoms with Gasteiger partial charge in [-0.25, -0.2) is 0 Å². The molecule has 19 heavy (non-hydrogen) atoms. The zero-order chi connectivity index (χ0) is 13.5. The molecule has 0 saturated carbocycles. The van der Waals surface area contributed by atoms with E-state index in [1.807, 2.05) is 7.05 Å². The molecule has 4 nitrogen and oxygen atoms in total. The van der Waals surface area contributed by atoms with Gasteiger partial charge in [-0.1, -0.05) is 11.6 Å². The van der Waals surface area contributed by atoms with Crippen LogP contribution in [0.3, 0.4) is 0 Å². The lowest BCUT2D eigenvalue weighted by Gasteiger charge is -2.34. The van der Waals surface area contributed by atoms with Crippen molar-refractivity contribution in [1.29, 1.82) is 0 Å². The largest absolute Gasteiger partial charge is 0.316 e. The number of halogens is 1. The standard InChI is InChI=1S/C14H23ClN4/c1-11-12(13(15)18(2)17-11)8-19-7-5-14(10-19)4-3-6-16-9-14/h16H,3-10H2,1-2H3/t14-/m0/s1. The molecule has 2 fully saturated rings. The first kappa shape index (κ1) is 13.4. The van der Waals surface area contributed by atoms with E-state index in [1.54, 1.807) is 4.68 Å². The highest BCUT2D eigenvalue weighted by molar-refractivity contribution is 6.30. The second-order valence-electron chi connectivity index (χ2n) is 6.22. The molecule has 2 saturated heterocycles. The molecule has 0 unspecified atom stereocenters. The van der Waals surface area contributed by atoms with Gasteiger partial charge in [-0.2, -0.15) is 5.10 Å². The molecular weight excluding hydrogens is 260 g/mol. The molecular formula is C14H23ClN4. The van der Waals surface area contributed by atoms with E-state index in [-0.39, 0.29) is 0 Å². The Balaban J connectivity index is 1.68. The summed E-state index contributed by atoms with van der Waals surface area (Å²) in [7, 11) is 1.91. The fraction of sp³-hybridized carbons (Fsp3) is 0.786. The zero-order valence-corrected chi connectivity index (χ0v) is 12.6. The van der Waals surface area contributed by atoms with Crippen molar-refractivity contribution in [3.05, 3.63) is 16.4 Å². The molecule has 1 aromatic rings. The Hall–Kier alpha value is -0.580. The Kier molecular flexibility index (Phi) is 3.58. The van der Waals surface area contributed by atoms with Crippen molar-refractivity contribution in [2.75, 3.05) is 26.2 Å². The minimum absolute atomic E-state index is 0.515. The molecule has 1 N–H and O–H groups in total. The fourth-order valence-electron chi connectivity index (χ4n) is 3.62. The van der Waals surface area contributed by atoms with Gasteiger partial charge in [0.05, 0.1) is 5.69 Å². The lowest BCUT2D eigenvalue weighted by molar-refractivity contribution is 0.199. The lowest BCUT2D eigenvalue weighted by atomic mass is 9.80. The number of aryl methyl sites for hydroxylation is 2. The van der Waals surface area contributed by atoms with Gasteiger partial charge < -0.3 is 5.32 Å². The first-order chi connectivity index (χ1) is 9.10. The second kappa shape index (κ2) is 5.08. The Labute approximate surface area is 120 Å². The zero-order valence-electron chi connectivity index (χ0n) is 11.9. The molecule has 106 valence electrons. The maximum absolute atomic E-state index is 6.33. The van der Waals surface area contributed by atoms with Gasteiger partial charge in [0.2, 0.25) is 0 Å². The summed E-state index contributed by atoms with van der Waals surface area (Å²) in [5.74, 6) is 0. The predicted molar refractivity (Wildman–Crippen MR) is 77.4 cm³/mol. The lowest BCUT2D eigenvalue weighted by Crippen LogP contribution is -2.41. The van der Waals surface area contributed by atoms with Crippen LogP contribution in [0.15, 0.2) is 0 Å². The number of hydrogen-bond donors (Lipinski definition) is 1. The SMILES string of the molecule is Cc1nn(C)c(Cl)c1CN1CC[C@]2(CCCNC2)C1. The van der Waals surface area contributed by atoms with Gasteiger partial charge in [0.1, 0.15) is 5.15 Å². The predicted octanol–water partition coefficient (Wildman–Crippen LogP) is 1.96. The first-order valence-electron chi connectivity index (χ1n) is 7.21. The van der Waals surface area contributed by atoms with Gasteiger partial charge in [-0.05, 0) is 44.7 Å². The Bertz CT molecular complexity index is 462. The number of nitrogens with zero attached hydrogens (tertiary/aromatic N) is 3. The quantitative estimate of drug-likeness (QED) is 0.900. The molecule has 0 amide bonds. The van der Waals surface area contributed by atoms with Gasteiger partial charge in [0.25, 0.3) is 0 Å². The molecule has 0 aliphatic carbocycles. The van der Waals surface area contributed by atoms with Crippen molar-refractivity contribution in [1.82, 2.24) is 20.0 Å². The normalized spacial score (nSPS) is 28.4. The summed E-state index contributed by atoms with van der Waals surface area (Å²) >= 11 is 6.33. The molecule has 2 aliphatic rings. The third-order valence-corrected chi connectivity index (χ3v) is 5.20. The number of likely N-dealkylation sites (tertiary alicyclic amines) is 1. The highest BCUT2D eigenvalue weighted by Gasteiger charge is 2.39. The molecule has 2 aliphatic heterocycles. The summed E-state index contributed by atoms with van der Waals surface area (Å²) in [4.78, 5) is 2.54. The fourth-order valence-corrected chi connectivity index (χ4v) is 3.85. The Morgan fingerprint density at radius 1 is 1.42 bits per heavy atom. The van der Waals surface area contributed by atoms with E-state index in [9.17, 15) is 0 Å². The van der Waals surface area contributed by atoms with E-state index >= 15 is 0 Å². The van der Waals surface area contributed by atoms with Crippen molar-refractivity contribution in [3.63, 3.8) is 0 Å². The van der Waals surface area contributed by atoms with Crippen LogP contribution in [0.4, 0.5) is 0 Å². The van der Waals surface area contributed by atoms with Crippen LogP contribution in [-0.4, -0.2) is 40.9 Å². The van der Waals surface area contributed by atoms with E-state index in [2.05, 4.69) is 22.2 Å². The van der Waals surface area contributed by atoms with E-state index in [4.69, 9.17) is 11.6 Å². The van der Waals surface area contributed by atoms with Gasteiger partial charge in [0, 0.05) is 32.2 Å². The minimum Gasteiger partial charge on any atom is -0.316 e. The monoisotopic (exact) mass is 282 g/mol. The number of aromatic nitrogens is 2. The van der Waals surface area contributed by atoms with Crippen LogP contribution in [0.2, 0.25) is 5.15 Å². The summed E-state index contributed by atoms with van der Waals surface area (Å²) in [6.07, 6.45) is 4.01. The molecule has 3 heterocycles. The van der Waals surface area contributed by atoms with E-state index in [1.165, 1.54) is 51.0 Å². The van der Waals surface area contributed by atoms with Crippen molar-refractivity contribution in [2.45, 2.75) is 32.7 Å².